The molecule has 1 aliphatic rings. The van der Waals surface area contributed by atoms with Gasteiger partial charge in [0.2, 0.25) is 5.91 Å². The maximum Gasteiger partial charge on any atom is 0.220 e. The van der Waals surface area contributed by atoms with Gasteiger partial charge in [-0.25, -0.2) is 0 Å². The molecule has 0 radical (unpaired) electrons. The van der Waals surface area contributed by atoms with Crippen molar-refractivity contribution in [3.63, 3.8) is 0 Å². The zero-order chi connectivity index (χ0) is 14.7. The van der Waals surface area contributed by atoms with Crippen LogP contribution < -0.4 is 10.1 Å². The van der Waals surface area contributed by atoms with E-state index in [0.29, 0.717) is 13.0 Å². The number of amides is 1. The molecule has 0 aromatic heterocycles. The Morgan fingerprint density at radius 2 is 2.10 bits per heavy atom. The molecule has 0 aliphatic carbocycles. The second-order valence-corrected chi connectivity index (χ2v) is 5.46. The fourth-order valence-corrected chi connectivity index (χ4v) is 2.67. The number of carbonyl (C=O) groups is 1. The van der Waals surface area contributed by atoms with Crippen LogP contribution in [0.5, 0.6) is 5.75 Å². The third-order valence-electron chi connectivity index (χ3n) is 3.76. The average Bonchev–Trinajstić information content (AvgIpc) is 2.89. The summed E-state index contributed by atoms with van der Waals surface area (Å²) < 4.78 is 5.58. The molecule has 0 saturated carbocycles. The summed E-state index contributed by atoms with van der Waals surface area (Å²) in [7, 11) is 0. The number of benzene rings is 2. The normalized spacial score (nSPS) is 16.1. The number of rotatable bonds is 4. The van der Waals surface area contributed by atoms with Crippen LogP contribution in [0.2, 0.25) is 0 Å². The maximum absolute atomic E-state index is 12.1. The number of ether oxygens (including phenoxy) is 1. The molecule has 2 aromatic carbocycles. The van der Waals surface area contributed by atoms with Crippen LogP contribution >= 0.6 is 0 Å². The highest BCUT2D eigenvalue weighted by Crippen LogP contribution is 2.31. The van der Waals surface area contributed by atoms with Crippen LogP contribution in [0.4, 0.5) is 0 Å². The summed E-state index contributed by atoms with van der Waals surface area (Å²) >= 11 is 0. The van der Waals surface area contributed by atoms with Gasteiger partial charge in [-0.05, 0) is 25.0 Å². The quantitative estimate of drug-likeness (QED) is 0.934. The molecule has 3 rings (SSSR count). The van der Waals surface area contributed by atoms with E-state index in [1.807, 2.05) is 30.3 Å². The van der Waals surface area contributed by atoms with Crippen LogP contribution in [0.15, 0.2) is 48.5 Å². The highest BCUT2D eigenvalue weighted by Gasteiger charge is 2.24. The fourth-order valence-electron chi connectivity index (χ4n) is 2.67. The minimum atomic E-state index is -0.0220. The van der Waals surface area contributed by atoms with Crippen molar-refractivity contribution in [2.75, 3.05) is 6.61 Å². The number of para-hydroxylation sites is 1. The molecule has 1 heterocycles. The molecule has 1 amide bonds. The lowest BCUT2D eigenvalue weighted by Gasteiger charge is -2.11. The second-order valence-electron chi connectivity index (χ2n) is 5.46. The van der Waals surface area contributed by atoms with Crippen LogP contribution in [0.1, 0.15) is 29.2 Å². The summed E-state index contributed by atoms with van der Waals surface area (Å²) in [6.45, 7) is 2.59. The van der Waals surface area contributed by atoms with Crippen molar-refractivity contribution in [3.05, 3.63) is 65.2 Å². The topological polar surface area (TPSA) is 38.3 Å². The van der Waals surface area contributed by atoms with Gasteiger partial charge in [0.15, 0.2) is 0 Å². The number of hydrogen-bond acceptors (Lipinski definition) is 2. The Kier molecular flexibility index (Phi) is 3.91. The fraction of sp³-hybridized carbons (Fsp3) is 0.278. The van der Waals surface area contributed by atoms with E-state index in [0.717, 1.165) is 17.7 Å². The first kappa shape index (κ1) is 13.7. The molecule has 0 spiro atoms. The molecule has 21 heavy (non-hydrogen) atoms. The lowest BCUT2D eigenvalue weighted by atomic mass is 10.1. The van der Waals surface area contributed by atoms with Crippen molar-refractivity contribution < 1.29 is 9.53 Å². The standard InChI is InChI=1S/C18H19NO2/c1-13-5-4-6-14(11-13)9-10-18(20)19-16-12-21-17-8-3-2-7-15(16)17/h2-8,11,16H,9-10,12H2,1H3,(H,19,20). The van der Waals surface area contributed by atoms with Crippen molar-refractivity contribution in [1.29, 1.82) is 0 Å². The first-order valence-corrected chi connectivity index (χ1v) is 7.29. The van der Waals surface area contributed by atoms with Crippen LogP contribution in [-0.2, 0) is 11.2 Å². The van der Waals surface area contributed by atoms with Crippen molar-refractivity contribution in [1.82, 2.24) is 5.32 Å². The summed E-state index contributed by atoms with van der Waals surface area (Å²) in [6, 6.07) is 16.1. The monoisotopic (exact) mass is 281 g/mol. The SMILES string of the molecule is Cc1cccc(CCC(=O)NC2COc3ccccc32)c1. The van der Waals surface area contributed by atoms with Crippen LogP contribution in [0.25, 0.3) is 0 Å². The summed E-state index contributed by atoms with van der Waals surface area (Å²) in [4.78, 5) is 12.1. The Hall–Kier alpha value is -2.29. The largest absolute Gasteiger partial charge is 0.491 e. The van der Waals surface area contributed by atoms with Gasteiger partial charge in [-0.1, -0.05) is 48.0 Å². The van der Waals surface area contributed by atoms with Gasteiger partial charge >= 0.3 is 0 Å². The third-order valence-corrected chi connectivity index (χ3v) is 3.76. The van der Waals surface area contributed by atoms with Gasteiger partial charge < -0.3 is 10.1 Å². The van der Waals surface area contributed by atoms with Gasteiger partial charge in [0.25, 0.3) is 0 Å². The first-order valence-electron chi connectivity index (χ1n) is 7.29. The number of nitrogens with one attached hydrogen (secondary N) is 1. The van der Waals surface area contributed by atoms with E-state index in [-0.39, 0.29) is 11.9 Å². The maximum atomic E-state index is 12.1. The Balaban J connectivity index is 1.56. The molecule has 1 atom stereocenters. The van der Waals surface area contributed by atoms with Gasteiger partial charge in [0, 0.05) is 12.0 Å². The van der Waals surface area contributed by atoms with E-state index in [2.05, 4.69) is 30.4 Å². The van der Waals surface area contributed by atoms with Crippen molar-refractivity contribution in [2.45, 2.75) is 25.8 Å². The highest BCUT2D eigenvalue weighted by molar-refractivity contribution is 5.77. The minimum absolute atomic E-state index is 0.0220. The summed E-state index contributed by atoms with van der Waals surface area (Å²) in [5.74, 6) is 0.947. The molecule has 0 saturated heterocycles. The molecule has 1 aliphatic heterocycles. The summed E-state index contributed by atoms with van der Waals surface area (Å²) in [6.07, 6.45) is 1.27. The van der Waals surface area contributed by atoms with E-state index in [9.17, 15) is 4.79 Å². The lowest BCUT2D eigenvalue weighted by Crippen LogP contribution is -2.29. The molecule has 0 bridgehead atoms. The average molecular weight is 281 g/mol. The molecule has 2 aromatic rings. The van der Waals surface area contributed by atoms with Gasteiger partial charge in [0.1, 0.15) is 12.4 Å². The van der Waals surface area contributed by atoms with E-state index >= 15 is 0 Å². The predicted octanol–water partition coefficient (Wildman–Crippen LogP) is 3.18. The lowest BCUT2D eigenvalue weighted by molar-refractivity contribution is -0.121. The zero-order valence-electron chi connectivity index (χ0n) is 12.1. The van der Waals surface area contributed by atoms with Crippen molar-refractivity contribution in [2.24, 2.45) is 0 Å². The number of hydrogen-bond donors (Lipinski definition) is 1. The molecule has 1 N–H and O–H groups in total. The molecule has 0 fully saturated rings. The van der Waals surface area contributed by atoms with Crippen molar-refractivity contribution in [3.8, 4) is 5.75 Å². The highest BCUT2D eigenvalue weighted by atomic mass is 16.5. The first-order chi connectivity index (χ1) is 10.2. The molecular weight excluding hydrogens is 262 g/mol. The Bertz CT molecular complexity index is 651. The van der Waals surface area contributed by atoms with E-state index in [1.165, 1.54) is 11.1 Å². The second kappa shape index (κ2) is 6.00. The predicted molar refractivity (Wildman–Crippen MR) is 82.3 cm³/mol. The summed E-state index contributed by atoms with van der Waals surface area (Å²) in [5.41, 5.74) is 3.50. The van der Waals surface area contributed by atoms with Gasteiger partial charge in [-0.15, -0.1) is 0 Å². The number of fused-ring (bicyclic) bond motifs is 1. The van der Waals surface area contributed by atoms with Crippen LogP contribution in [0, 0.1) is 6.92 Å². The molecule has 3 heteroatoms. The molecular formula is C18H19NO2. The van der Waals surface area contributed by atoms with Gasteiger partial charge in [-0.2, -0.15) is 0 Å². The summed E-state index contributed by atoms with van der Waals surface area (Å²) in [5, 5.41) is 3.06. The van der Waals surface area contributed by atoms with E-state index < -0.39 is 0 Å². The Morgan fingerprint density at radius 3 is 2.95 bits per heavy atom. The molecule has 3 nitrogen and oxygen atoms in total. The third kappa shape index (κ3) is 3.24. The van der Waals surface area contributed by atoms with Crippen LogP contribution in [-0.4, -0.2) is 12.5 Å². The number of aryl methyl sites for hydroxylation is 2. The Morgan fingerprint density at radius 1 is 1.24 bits per heavy atom. The minimum Gasteiger partial charge on any atom is -0.491 e. The Labute approximate surface area is 124 Å². The van der Waals surface area contributed by atoms with Gasteiger partial charge in [-0.3, -0.25) is 4.79 Å². The molecule has 1 unspecified atom stereocenters. The smallest absolute Gasteiger partial charge is 0.220 e. The van der Waals surface area contributed by atoms with E-state index in [4.69, 9.17) is 4.74 Å². The zero-order valence-corrected chi connectivity index (χ0v) is 12.1. The molecule has 108 valence electrons. The number of carbonyl (C=O) groups excluding carboxylic acids is 1. The van der Waals surface area contributed by atoms with Crippen LogP contribution in [0.3, 0.4) is 0 Å². The van der Waals surface area contributed by atoms with Gasteiger partial charge in [0.05, 0.1) is 6.04 Å². The van der Waals surface area contributed by atoms with Crippen molar-refractivity contribution >= 4 is 5.91 Å². The van der Waals surface area contributed by atoms with E-state index in [1.54, 1.807) is 0 Å².